The van der Waals surface area contributed by atoms with Crippen molar-refractivity contribution in [1.82, 2.24) is 19.8 Å². The number of hydrogen-bond donors (Lipinski definition) is 1. The smallest absolute Gasteiger partial charge is 0.231 e. The third-order valence-corrected chi connectivity index (χ3v) is 5.86. The lowest BCUT2D eigenvalue weighted by atomic mass is 9.98. The molecule has 1 amide bonds. The molecule has 1 aromatic heterocycles. The van der Waals surface area contributed by atoms with E-state index in [0.717, 1.165) is 31.2 Å². The fourth-order valence-corrected chi connectivity index (χ4v) is 4.68. The maximum absolute atomic E-state index is 13.2. The highest BCUT2D eigenvalue weighted by molar-refractivity contribution is 7.99. The number of benzene rings is 1. The van der Waals surface area contributed by atoms with Crippen molar-refractivity contribution in [2.24, 2.45) is 7.05 Å². The second-order valence-electron chi connectivity index (χ2n) is 6.05. The second-order valence-corrected chi connectivity index (χ2v) is 7.11. The summed E-state index contributed by atoms with van der Waals surface area (Å²) in [7, 11) is 1.99. The Kier molecular flexibility index (Phi) is 5.18. The SMILES string of the molecule is Cl.Cn1ccnc1C1CNCCN1C(=O)C1CSc2ccccc21. The molecule has 0 saturated carbocycles. The first-order valence-electron chi connectivity index (χ1n) is 7.96. The van der Waals surface area contributed by atoms with Crippen molar-refractivity contribution >= 4 is 30.1 Å². The van der Waals surface area contributed by atoms with Gasteiger partial charge in [-0.2, -0.15) is 0 Å². The predicted molar refractivity (Wildman–Crippen MR) is 97.7 cm³/mol. The molecule has 24 heavy (non-hydrogen) atoms. The van der Waals surface area contributed by atoms with Gasteiger partial charge in [0.25, 0.3) is 0 Å². The third-order valence-electron chi connectivity index (χ3n) is 4.68. The lowest BCUT2D eigenvalue weighted by molar-refractivity contribution is -0.135. The van der Waals surface area contributed by atoms with Gasteiger partial charge in [0, 0.05) is 49.7 Å². The maximum atomic E-state index is 13.2. The van der Waals surface area contributed by atoms with Crippen LogP contribution < -0.4 is 5.32 Å². The summed E-state index contributed by atoms with van der Waals surface area (Å²) >= 11 is 1.79. The molecule has 1 saturated heterocycles. The van der Waals surface area contributed by atoms with Crippen LogP contribution in [0.1, 0.15) is 23.3 Å². The van der Waals surface area contributed by atoms with E-state index < -0.39 is 0 Å². The minimum Gasteiger partial charge on any atom is -0.336 e. The number of hydrogen-bond acceptors (Lipinski definition) is 4. The van der Waals surface area contributed by atoms with Crippen molar-refractivity contribution in [2.45, 2.75) is 16.9 Å². The number of piperazine rings is 1. The zero-order valence-electron chi connectivity index (χ0n) is 13.5. The largest absolute Gasteiger partial charge is 0.336 e. The third kappa shape index (κ3) is 2.94. The van der Waals surface area contributed by atoms with Crippen LogP contribution in [-0.2, 0) is 11.8 Å². The van der Waals surface area contributed by atoms with Crippen LogP contribution in [0.5, 0.6) is 0 Å². The first-order valence-corrected chi connectivity index (χ1v) is 8.94. The number of rotatable bonds is 2. The Balaban J connectivity index is 0.00000169. The van der Waals surface area contributed by atoms with Crippen molar-refractivity contribution in [3.8, 4) is 0 Å². The van der Waals surface area contributed by atoms with Gasteiger partial charge >= 0.3 is 0 Å². The molecule has 0 aliphatic carbocycles. The molecule has 7 heteroatoms. The minimum atomic E-state index is -0.0305. The number of fused-ring (bicyclic) bond motifs is 1. The Morgan fingerprint density at radius 3 is 3.00 bits per heavy atom. The monoisotopic (exact) mass is 364 g/mol. The molecule has 2 unspecified atom stereocenters. The second kappa shape index (κ2) is 7.17. The number of carbonyl (C=O) groups is 1. The Hall–Kier alpha value is -1.50. The van der Waals surface area contributed by atoms with Crippen molar-refractivity contribution in [3.63, 3.8) is 0 Å². The van der Waals surface area contributed by atoms with Gasteiger partial charge in [0.05, 0.1) is 5.92 Å². The van der Waals surface area contributed by atoms with Gasteiger partial charge in [-0.3, -0.25) is 4.79 Å². The molecule has 2 atom stereocenters. The van der Waals surface area contributed by atoms with Gasteiger partial charge in [0.2, 0.25) is 5.91 Å². The molecule has 0 bridgehead atoms. The number of amides is 1. The van der Waals surface area contributed by atoms with Crippen LogP contribution in [-0.4, -0.2) is 45.7 Å². The van der Waals surface area contributed by atoms with E-state index in [-0.39, 0.29) is 30.3 Å². The highest BCUT2D eigenvalue weighted by Gasteiger charge is 2.37. The normalized spacial score (nSPS) is 22.8. The van der Waals surface area contributed by atoms with Crippen molar-refractivity contribution in [3.05, 3.63) is 48.0 Å². The van der Waals surface area contributed by atoms with E-state index in [1.165, 1.54) is 10.5 Å². The van der Waals surface area contributed by atoms with Gasteiger partial charge in [-0.15, -0.1) is 24.2 Å². The first kappa shape index (κ1) is 17.3. The van der Waals surface area contributed by atoms with Gasteiger partial charge in [-0.1, -0.05) is 18.2 Å². The lowest BCUT2D eigenvalue weighted by Gasteiger charge is -2.37. The van der Waals surface area contributed by atoms with Crippen LogP contribution in [0.4, 0.5) is 0 Å². The highest BCUT2D eigenvalue weighted by Crippen LogP contribution is 2.41. The van der Waals surface area contributed by atoms with E-state index in [2.05, 4.69) is 22.4 Å². The number of thioether (sulfide) groups is 1. The summed E-state index contributed by atoms with van der Waals surface area (Å²) in [6.45, 7) is 2.34. The number of aryl methyl sites for hydroxylation is 1. The van der Waals surface area contributed by atoms with Gasteiger partial charge in [0.15, 0.2) is 0 Å². The quantitative estimate of drug-likeness (QED) is 0.887. The molecule has 128 valence electrons. The van der Waals surface area contributed by atoms with Gasteiger partial charge < -0.3 is 14.8 Å². The van der Waals surface area contributed by atoms with E-state index in [9.17, 15) is 4.79 Å². The fraction of sp³-hybridized carbons (Fsp3) is 0.412. The molecule has 2 aliphatic rings. The van der Waals surface area contributed by atoms with Gasteiger partial charge in [-0.05, 0) is 11.6 Å². The van der Waals surface area contributed by atoms with Crippen LogP contribution in [0.3, 0.4) is 0 Å². The number of carbonyl (C=O) groups excluding carboxylic acids is 1. The summed E-state index contributed by atoms with van der Waals surface area (Å²) in [4.78, 5) is 21.0. The molecule has 1 fully saturated rings. The average molecular weight is 365 g/mol. The van der Waals surface area contributed by atoms with Crippen molar-refractivity contribution in [2.75, 3.05) is 25.4 Å². The summed E-state index contributed by atoms with van der Waals surface area (Å²) in [5, 5.41) is 3.39. The van der Waals surface area contributed by atoms with E-state index in [4.69, 9.17) is 0 Å². The van der Waals surface area contributed by atoms with Crippen molar-refractivity contribution in [1.29, 1.82) is 0 Å². The van der Waals surface area contributed by atoms with Crippen LogP contribution in [0.15, 0.2) is 41.6 Å². The Morgan fingerprint density at radius 2 is 2.21 bits per heavy atom. The van der Waals surface area contributed by atoms with Crippen LogP contribution in [0.2, 0.25) is 0 Å². The number of nitrogens with one attached hydrogen (secondary N) is 1. The minimum absolute atomic E-state index is 0. The molecule has 3 heterocycles. The van der Waals surface area contributed by atoms with Crippen LogP contribution >= 0.6 is 24.2 Å². The molecular formula is C17H21ClN4OS. The molecule has 2 aromatic rings. The van der Waals surface area contributed by atoms with Crippen LogP contribution in [0.25, 0.3) is 0 Å². The summed E-state index contributed by atoms with van der Waals surface area (Å²) in [6, 6.07) is 8.28. The average Bonchev–Trinajstić information content (AvgIpc) is 3.20. The standard InChI is InChI=1S/C17H20N4OS.ClH/c1-20-8-7-19-16(20)14-10-18-6-9-21(14)17(22)13-11-23-15-5-3-2-4-12(13)15;/h2-5,7-8,13-14,18H,6,9-11H2,1H3;1H. The number of imidazole rings is 1. The fourth-order valence-electron chi connectivity index (χ4n) is 3.46. The summed E-state index contributed by atoms with van der Waals surface area (Å²) in [5.41, 5.74) is 1.18. The maximum Gasteiger partial charge on any atom is 0.231 e. The van der Waals surface area contributed by atoms with Gasteiger partial charge in [0.1, 0.15) is 11.9 Å². The first-order chi connectivity index (χ1) is 11.3. The topological polar surface area (TPSA) is 50.2 Å². The lowest BCUT2D eigenvalue weighted by Crippen LogP contribution is -2.50. The molecular weight excluding hydrogens is 344 g/mol. The zero-order chi connectivity index (χ0) is 15.8. The Labute approximate surface area is 152 Å². The molecule has 5 nitrogen and oxygen atoms in total. The molecule has 4 rings (SSSR count). The summed E-state index contributed by atoms with van der Waals surface area (Å²) < 4.78 is 2.01. The van der Waals surface area contributed by atoms with E-state index in [0.29, 0.717) is 0 Å². The van der Waals surface area contributed by atoms with Crippen LogP contribution in [0, 0.1) is 0 Å². The van der Waals surface area contributed by atoms with Crippen molar-refractivity contribution < 1.29 is 4.79 Å². The Morgan fingerprint density at radius 1 is 1.38 bits per heavy atom. The molecule has 2 aliphatic heterocycles. The summed E-state index contributed by atoms with van der Waals surface area (Å²) in [5.74, 6) is 1.99. The predicted octanol–water partition coefficient (Wildman–Crippen LogP) is 2.20. The number of halogens is 1. The van der Waals surface area contributed by atoms with E-state index in [1.807, 2.05) is 34.8 Å². The molecule has 0 radical (unpaired) electrons. The molecule has 1 N–H and O–H groups in total. The van der Waals surface area contributed by atoms with E-state index in [1.54, 1.807) is 18.0 Å². The van der Waals surface area contributed by atoms with Gasteiger partial charge in [-0.25, -0.2) is 4.98 Å². The highest BCUT2D eigenvalue weighted by atomic mass is 35.5. The Bertz CT molecular complexity index is 735. The molecule has 1 aromatic carbocycles. The van der Waals surface area contributed by atoms with E-state index >= 15 is 0 Å². The number of aromatic nitrogens is 2. The number of nitrogens with zero attached hydrogens (tertiary/aromatic N) is 3. The zero-order valence-corrected chi connectivity index (χ0v) is 15.1. The molecule has 0 spiro atoms. The summed E-state index contributed by atoms with van der Waals surface area (Å²) in [6.07, 6.45) is 3.74.